The first-order valence-electron chi connectivity index (χ1n) is 10.7. The number of rotatable bonds is 7. The van der Waals surface area contributed by atoms with Crippen LogP contribution in [0.3, 0.4) is 0 Å². The second-order valence-corrected chi connectivity index (χ2v) is 8.39. The van der Waals surface area contributed by atoms with Crippen LogP contribution >= 0.6 is 11.3 Å². The predicted octanol–water partition coefficient (Wildman–Crippen LogP) is 3.92. The second kappa shape index (κ2) is 10.8. The van der Waals surface area contributed by atoms with Gasteiger partial charge in [0.25, 0.3) is 5.91 Å². The zero-order valence-corrected chi connectivity index (χ0v) is 19.6. The average Bonchev–Trinajstić information content (AvgIpc) is 3.35. The second-order valence-electron chi connectivity index (χ2n) is 7.56. The van der Waals surface area contributed by atoms with Gasteiger partial charge in [0.2, 0.25) is 0 Å². The number of nitrogens with one attached hydrogen (secondary N) is 1. The Labute approximate surface area is 207 Å². The first kappa shape index (κ1) is 25.2. The van der Waals surface area contributed by atoms with Crippen LogP contribution in [0.25, 0.3) is 0 Å². The van der Waals surface area contributed by atoms with Gasteiger partial charge in [0.1, 0.15) is 11.8 Å². The molecule has 2 aromatic heterocycles. The highest BCUT2D eigenvalue weighted by Crippen LogP contribution is 2.32. The molecule has 0 bridgehead atoms. The van der Waals surface area contributed by atoms with Crippen molar-refractivity contribution < 1.29 is 37.0 Å². The summed E-state index contributed by atoms with van der Waals surface area (Å²) in [4.78, 5) is 38.8. The van der Waals surface area contributed by atoms with Crippen molar-refractivity contribution >= 4 is 34.0 Å². The molecule has 1 aliphatic rings. The summed E-state index contributed by atoms with van der Waals surface area (Å²) in [5.74, 6) is -2.33. The molecule has 3 aromatic rings. The molecule has 0 atom stereocenters. The van der Waals surface area contributed by atoms with E-state index in [1.54, 1.807) is 18.5 Å². The topological polar surface area (TPSA) is 116 Å². The summed E-state index contributed by atoms with van der Waals surface area (Å²) in [5.41, 5.74) is -0.418. The molecule has 1 saturated heterocycles. The maximum absolute atomic E-state index is 12.9. The van der Waals surface area contributed by atoms with Gasteiger partial charge in [-0.05, 0) is 24.3 Å². The van der Waals surface area contributed by atoms with Crippen molar-refractivity contribution in [2.45, 2.75) is 25.3 Å². The molecular formula is C22H20F3N5O5S. The lowest BCUT2D eigenvalue weighted by Gasteiger charge is -2.31. The van der Waals surface area contributed by atoms with E-state index >= 15 is 0 Å². The summed E-state index contributed by atoms with van der Waals surface area (Å²) in [6, 6.07) is 5.20. The van der Waals surface area contributed by atoms with E-state index in [-0.39, 0.29) is 23.0 Å². The van der Waals surface area contributed by atoms with Crippen LogP contribution < -0.4 is 19.7 Å². The fraction of sp³-hybridized carbons (Fsp3) is 0.318. The Bertz CT molecular complexity index is 1220. The molecule has 1 aromatic carbocycles. The third-order valence-corrected chi connectivity index (χ3v) is 6.03. The molecule has 1 fully saturated rings. The molecule has 1 N–H and O–H groups in total. The van der Waals surface area contributed by atoms with Gasteiger partial charge >= 0.3 is 18.3 Å². The Morgan fingerprint density at radius 3 is 2.56 bits per heavy atom. The zero-order valence-electron chi connectivity index (χ0n) is 18.8. The van der Waals surface area contributed by atoms with Crippen LogP contribution in [0.5, 0.6) is 11.8 Å². The van der Waals surface area contributed by atoms with Crippen molar-refractivity contribution in [2.75, 3.05) is 30.4 Å². The third kappa shape index (κ3) is 6.38. The number of esters is 1. The van der Waals surface area contributed by atoms with Gasteiger partial charge in [0.05, 0.1) is 18.4 Å². The maximum Gasteiger partial charge on any atom is 0.573 e. The monoisotopic (exact) mass is 523 g/mol. The van der Waals surface area contributed by atoms with Crippen LogP contribution in [0, 0.1) is 0 Å². The largest absolute Gasteiger partial charge is 0.573 e. The molecule has 0 unspecified atom stereocenters. The number of halogens is 3. The molecule has 190 valence electrons. The van der Waals surface area contributed by atoms with Crippen LogP contribution in [0.15, 0.2) is 42.0 Å². The molecule has 10 nitrogen and oxygen atoms in total. The lowest BCUT2D eigenvalue weighted by atomic mass is 10.1. The van der Waals surface area contributed by atoms with E-state index in [0.29, 0.717) is 37.1 Å². The first-order chi connectivity index (χ1) is 17.2. The van der Waals surface area contributed by atoms with E-state index in [0.717, 1.165) is 19.2 Å². The zero-order chi connectivity index (χ0) is 25.7. The minimum atomic E-state index is -5.04. The van der Waals surface area contributed by atoms with E-state index in [9.17, 15) is 22.8 Å². The normalized spacial score (nSPS) is 14.3. The number of thiazole rings is 1. The molecule has 0 radical (unpaired) electrons. The van der Waals surface area contributed by atoms with E-state index in [2.05, 4.69) is 29.7 Å². The van der Waals surface area contributed by atoms with E-state index in [1.165, 1.54) is 22.8 Å². The third-order valence-electron chi connectivity index (χ3n) is 5.13. The number of methoxy groups -OCH3 is 1. The molecule has 4 rings (SSSR count). The van der Waals surface area contributed by atoms with Crippen LogP contribution in [0.1, 0.15) is 33.7 Å². The van der Waals surface area contributed by atoms with E-state index in [1.807, 2.05) is 4.90 Å². The number of carbonyl (C=O) groups excluding carboxylic acids is 2. The van der Waals surface area contributed by atoms with Crippen LogP contribution in [0.2, 0.25) is 0 Å². The standard InChI is InChI=1S/C22H20F3N5O5S/c1-33-19(32)13-3-4-15(17(11-13)35-22(23,24)25)28-18(31)16-12-36-21(29-16)30-9-5-14(6-10-30)34-20-26-7-2-8-27-20/h2-4,7-8,11-12,14H,5-6,9-10H2,1H3,(H,28,31). The maximum atomic E-state index is 12.9. The minimum absolute atomic E-state index is 0.0288. The SMILES string of the molecule is COC(=O)c1ccc(NC(=O)c2csc(N3CCC(Oc4ncccn4)CC3)n2)c(OC(F)(F)F)c1. The van der Waals surface area contributed by atoms with Gasteiger partial charge in [-0.1, -0.05) is 0 Å². The highest BCUT2D eigenvalue weighted by Gasteiger charge is 2.33. The van der Waals surface area contributed by atoms with Gasteiger partial charge in [-0.2, -0.15) is 0 Å². The molecule has 1 aliphatic heterocycles. The molecule has 14 heteroatoms. The van der Waals surface area contributed by atoms with Gasteiger partial charge in [0, 0.05) is 43.7 Å². The van der Waals surface area contributed by atoms with Crippen molar-refractivity contribution in [3.8, 4) is 11.8 Å². The summed E-state index contributed by atoms with van der Waals surface area (Å²) < 4.78 is 52.9. The smallest absolute Gasteiger partial charge is 0.465 e. The summed E-state index contributed by atoms with van der Waals surface area (Å²) in [7, 11) is 1.09. The number of alkyl halides is 3. The number of anilines is 2. The number of piperidine rings is 1. The summed E-state index contributed by atoms with van der Waals surface area (Å²) in [6.45, 7) is 1.26. The predicted molar refractivity (Wildman–Crippen MR) is 122 cm³/mol. The minimum Gasteiger partial charge on any atom is -0.465 e. The van der Waals surface area contributed by atoms with Crippen molar-refractivity contribution in [1.29, 1.82) is 0 Å². The fourth-order valence-electron chi connectivity index (χ4n) is 3.44. The number of carbonyl (C=O) groups is 2. The average molecular weight is 523 g/mol. The number of aromatic nitrogens is 3. The Balaban J connectivity index is 1.40. The highest BCUT2D eigenvalue weighted by atomic mass is 32.1. The molecule has 0 spiro atoms. The number of ether oxygens (including phenoxy) is 3. The van der Waals surface area contributed by atoms with Crippen molar-refractivity contribution in [1.82, 2.24) is 15.0 Å². The number of hydrogen-bond acceptors (Lipinski definition) is 10. The Morgan fingerprint density at radius 2 is 1.89 bits per heavy atom. The molecule has 0 aliphatic carbocycles. The first-order valence-corrected chi connectivity index (χ1v) is 11.5. The fourth-order valence-corrected chi connectivity index (χ4v) is 4.30. The number of hydrogen-bond donors (Lipinski definition) is 1. The van der Waals surface area contributed by atoms with Crippen molar-refractivity contribution in [3.63, 3.8) is 0 Å². The molecule has 1 amide bonds. The summed E-state index contributed by atoms with van der Waals surface area (Å²) in [6.07, 6.45) is -0.485. The highest BCUT2D eigenvalue weighted by molar-refractivity contribution is 7.14. The lowest BCUT2D eigenvalue weighted by molar-refractivity contribution is -0.274. The molecule has 0 saturated carbocycles. The van der Waals surface area contributed by atoms with Crippen LogP contribution in [0.4, 0.5) is 24.0 Å². The number of amides is 1. The Hall–Kier alpha value is -3.94. The van der Waals surface area contributed by atoms with Gasteiger partial charge in [0.15, 0.2) is 10.9 Å². The van der Waals surface area contributed by atoms with Gasteiger partial charge in [-0.3, -0.25) is 4.79 Å². The quantitative estimate of drug-likeness (QED) is 0.460. The van der Waals surface area contributed by atoms with Crippen LogP contribution in [-0.4, -0.2) is 59.5 Å². The summed E-state index contributed by atoms with van der Waals surface area (Å²) >= 11 is 1.24. The number of benzene rings is 1. The van der Waals surface area contributed by atoms with Crippen LogP contribution in [-0.2, 0) is 4.74 Å². The molecular weight excluding hydrogens is 503 g/mol. The van der Waals surface area contributed by atoms with Crippen molar-refractivity contribution in [3.05, 3.63) is 53.3 Å². The summed E-state index contributed by atoms with van der Waals surface area (Å²) in [5, 5.41) is 4.47. The van der Waals surface area contributed by atoms with Gasteiger partial charge in [-0.25, -0.2) is 19.7 Å². The molecule has 3 heterocycles. The van der Waals surface area contributed by atoms with Gasteiger partial charge in [-0.15, -0.1) is 24.5 Å². The Morgan fingerprint density at radius 1 is 1.17 bits per heavy atom. The number of nitrogens with zero attached hydrogens (tertiary/aromatic N) is 4. The van der Waals surface area contributed by atoms with Gasteiger partial charge < -0.3 is 24.4 Å². The van der Waals surface area contributed by atoms with E-state index in [4.69, 9.17) is 4.74 Å². The van der Waals surface area contributed by atoms with E-state index < -0.39 is 24.0 Å². The molecule has 36 heavy (non-hydrogen) atoms. The Kier molecular flexibility index (Phi) is 7.52. The lowest BCUT2D eigenvalue weighted by Crippen LogP contribution is -2.38. The van der Waals surface area contributed by atoms with Crippen molar-refractivity contribution in [2.24, 2.45) is 0 Å².